The first-order chi connectivity index (χ1) is 8.74. The van der Waals surface area contributed by atoms with Crippen molar-refractivity contribution in [1.82, 2.24) is 15.0 Å². The number of nitrogens with zero attached hydrogens (tertiary/aromatic N) is 3. The van der Waals surface area contributed by atoms with Crippen LogP contribution in [0, 0.1) is 0 Å². The van der Waals surface area contributed by atoms with E-state index in [1.165, 1.54) is 5.56 Å². The van der Waals surface area contributed by atoms with Crippen LogP contribution in [0.1, 0.15) is 30.2 Å². The Hall–Kier alpha value is -1.88. The van der Waals surface area contributed by atoms with Crippen molar-refractivity contribution in [3.05, 3.63) is 41.7 Å². The molecule has 5 nitrogen and oxygen atoms in total. The molecule has 2 heterocycles. The second-order valence-corrected chi connectivity index (χ2v) is 4.59. The van der Waals surface area contributed by atoms with Gasteiger partial charge in [0, 0.05) is 11.5 Å². The standard InChI is InChI=1S/C13H15N3O2/c1-9(17)12-7-16(15-14-12)6-10-8-18-13-5-3-2-4-11(10)13/h2-5,7,9-10,17H,6,8H2,1H3. The monoisotopic (exact) mass is 245 g/mol. The zero-order chi connectivity index (χ0) is 12.5. The van der Waals surface area contributed by atoms with Crippen molar-refractivity contribution in [2.75, 3.05) is 6.61 Å². The molecule has 0 aliphatic carbocycles. The summed E-state index contributed by atoms with van der Waals surface area (Å²) in [4.78, 5) is 0. The van der Waals surface area contributed by atoms with Crippen molar-refractivity contribution in [3.8, 4) is 5.75 Å². The molecule has 5 heteroatoms. The van der Waals surface area contributed by atoms with Crippen molar-refractivity contribution in [3.63, 3.8) is 0 Å². The summed E-state index contributed by atoms with van der Waals surface area (Å²) >= 11 is 0. The first-order valence-electron chi connectivity index (χ1n) is 6.04. The Morgan fingerprint density at radius 2 is 2.33 bits per heavy atom. The molecular formula is C13H15N3O2. The van der Waals surface area contributed by atoms with Gasteiger partial charge in [-0.25, -0.2) is 0 Å². The average Bonchev–Trinajstić information content (AvgIpc) is 2.98. The van der Waals surface area contributed by atoms with Gasteiger partial charge in [-0.05, 0) is 13.0 Å². The van der Waals surface area contributed by atoms with Crippen LogP contribution in [0.3, 0.4) is 0 Å². The lowest BCUT2D eigenvalue weighted by Gasteiger charge is -2.07. The molecule has 0 radical (unpaired) electrons. The van der Waals surface area contributed by atoms with Crippen LogP contribution in [-0.2, 0) is 6.54 Å². The molecule has 2 aromatic rings. The van der Waals surface area contributed by atoms with E-state index in [1.807, 2.05) is 18.2 Å². The van der Waals surface area contributed by atoms with Gasteiger partial charge in [-0.2, -0.15) is 0 Å². The Bertz CT molecular complexity index is 551. The summed E-state index contributed by atoms with van der Waals surface area (Å²) in [5.74, 6) is 1.25. The molecule has 0 spiro atoms. The van der Waals surface area contributed by atoms with Gasteiger partial charge in [-0.3, -0.25) is 4.68 Å². The van der Waals surface area contributed by atoms with Gasteiger partial charge < -0.3 is 9.84 Å². The molecule has 0 bridgehead atoms. The number of hydrogen-bond donors (Lipinski definition) is 1. The normalized spacial score (nSPS) is 19.3. The number of aliphatic hydroxyl groups is 1. The minimum atomic E-state index is -0.578. The number of hydrogen-bond acceptors (Lipinski definition) is 4. The van der Waals surface area contributed by atoms with Crippen LogP contribution in [0.4, 0.5) is 0 Å². The van der Waals surface area contributed by atoms with E-state index in [-0.39, 0.29) is 0 Å². The molecule has 18 heavy (non-hydrogen) atoms. The number of para-hydroxylation sites is 1. The highest BCUT2D eigenvalue weighted by Crippen LogP contribution is 2.34. The van der Waals surface area contributed by atoms with Crippen LogP contribution in [0.25, 0.3) is 0 Å². The maximum Gasteiger partial charge on any atom is 0.122 e. The molecule has 1 aliphatic rings. The van der Waals surface area contributed by atoms with Crippen LogP contribution >= 0.6 is 0 Å². The molecule has 0 saturated carbocycles. The quantitative estimate of drug-likeness (QED) is 0.890. The molecule has 2 atom stereocenters. The predicted octanol–water partition coefficient (Wildman–Crippen LogP) is 1.51. The van der Waals surface area contributed by atoms with Gasteiger partial charge in [0.05, 0.1) is 25.5 Å². The molecule has 1 aromatic heterocycles. The van der Waals surface area contributed by atoms with E-state index in [9.17, 15) is 5.11 Å². The summed E-state index contributed by atoms with van der Waals surface area (Å²) in [7, 11) is 0. The number of rotatable bonds is 3. The minimum absolute atomic E-state index is 0.296. The fourth-order valence-corrected chi connectivity index (χ4v) is 2.20. The molecule has 0 saturated heterocycles. The highest BCUT2D eigenvalue weighted by molar-refractivity contribution is 5.39. The third-order valence-electron chi connectivity index (χ3n) is 3.19. The Balaban J connectivity index is 1.78. The number of ether oxygens (including phenoxy) is 1. The summed E-state index contributed by atoms with van der Waals surface area (Å²) in [6.07, 6.45) is 1.21. The second-order valence-electron chi connectivity index (χ2n) is 4.59. The number of aliphatic hydroxyl groups excluding tert-OH is 1. The maximum absolute atomic E-state index is 9.42. The first kappa shape index (κ1) is 11.2. The van der Waals surface area contributed by atoms with Crippen LogP contribution in [0.15, 0.2) is 30.5 Å². The first-order valence-corrected chi connectivity index (χ1v) is 6.04. The van der Waals surface area contributed by atoms with Gasteiger partial charge >= 0.3 is 0 Å². The third-order valence-corrected chi connectivity index (χ3v) is 3.19. The van der Waals surface area contributed by atoms with Gasteiger partial charge in [-0.15, -0.1) is 5.10 Å². The number of benzene rings is 1. The van der Waals surface area contributed by atoms with Gasteiger partial charge in [0.1, 0.15) is 11.4 Å². The molecule has 0 fully saturated rings. The largest absolute Gasteiger partial charge is 0.493 e. The SMILES string of the molecule is CC(O)c1cn(CC2COc3ccccc32)nn1. The van der Waals surface area contributed by atoms with Crippen LogP contribution in [0.5, 0.6) is 5.75 Å². The highest BCUT2D eigenvalue weighted by Gasteiger charge is 2.24. The summed E-state index contributed by atoms with van der Waals surface area (Å²) in [6.45, 7) is 3.07. The van der Waals surface area contributed by atoms with Crippen molar-refractivity contribution in [2.24, 2.45) is 0 Å². The smallest absolute Gasteiger partial charge is 0.122 e. The van der Waals surface area contributed by atoms with E-state index >= 15 is 0 Å². The summed E-state index contributed by atoms with van der Waals surface area (Å²) in [5.41, 5.74) is 1.81. The van der Waals surface area contributed by atoms with E-state index in [2.05, 4.69) is 16.4 Å². The molecule has 1 N–H and O–H groups in total. The fourth-order valence-electron chi connectivity index (χ4n) is 2.20. The zero-order valence-electron chi connectivity index (χ0n) is 10.2. The summed E-state index contributed by atoms with van der Waals surface area (Å²) in [5, 5.41) is 17.4. The number of aromatic nitrogens is 3. The van der Waals surface area contributed by atoms with Crippen LogP contribution < -0.4 is 4.74 Å². The van der Waals surface area contributed by atoms with Gasteiger partial charge in [0.25, 0.3) is 0 Å². The van der Waals surface area contributed by atoms with Gasteiger partial charge in [0.2, 0.25) is 0 Å². The molecular weight excluding hydrogens is 230 g/mol. The Labute approximate surface area is 105 Å². The second kappa shape index (κ2) is 4.42. The fraction of sp³-hybridized carbons (Fsp3) is 0.385. The van der Waals surface area contributed by atoms with E-state index in [1.54, 1.807) is 17.8 Å². The maximum atomic E-state index is 9.42. The van der Waals surface area contributed by atoms with Crippen molar-refractivity contribution in [1.29, 1.82) is 0 Å². The minimum Gasteiger partial charge on any atom is -0.493 e. The molecule has 2 unspecified atom stereocenters. The topological polar surface area (TPSA) is 60.2 Å². The highest BCUT2D eigenvalue weighted by atomic mass is 16.5. The molecule has 94 valence electrons. The third kappa shape index (κ3) is 1.97. The van der Waals surface area contributed by atoms with Gasteiger partial charge in [-0.1, -0.05) is 23.4 Å². The van der Waals surface area contributed by atoms with Crippen molar-refractivity contribution < 1.29 is 9.84 Å². The van der Waals surface area contributed by atoms with Gasteiger partial charge in [0.15, 0.2) is 0 Å². The van der Waals surface area contributed by atoms with Crippen molar-refractivity contribution in [2.45, 2.75) is 25.5 Å². The van der Waals surface area contributed by atoms with Crippen molar-refractivity contribution >= 4 is 0 Å². The lowest BCUT2D eigenvalue weighted by molar-refractivity contribution is 0.194. The molecule has 1 aromatic carbocycles. The predicted molar refractivity (Wildman–Crippen MR) is 65.3 cm³/mol. The van der Waals surface area contributed by atoms with Crippen LogP contribution in [0.2, 0.25) is 0 Å². The molecule has 0 amide bonds. The zero-order valence-corrected chi connectivity index (χ0v) is 10.2. The van der Waals surface area contributed by atoms with E-state index in [4.69, 9.17) is 4.74 Å². The lowest BCUT2D eigenvalue weighted by atomic mass is 10.0. The Morgan fingerprint density at radius 1 is 1.50 bits per heavy atom. The Kier molecular flexibility index (Phi) is 2.76. The molecule has 1 aliphatic heterocycles. The van der Waals surface area contributed by atoms with E-state index < -0.39 is 6.10 Å². The lowest BCUT2D eigenvalue weighted by Crippen LogP contribution is -2.11. The van der Waals surface area contributed by atoms with E-state index in [0.29, 0.717) is 18.2 Å². The average molecular weight is 245 g/mol. The Morgan fingerprint density at radius 3 is 3.11 bits per heavy atom. The summed E-state index contributed by atoms with van der Waals surface area (Å²) < 4.78 is 7.39. The van der Waals surface area contributed by atoms with Crippen LogP contribution in [-0.4, -0.2) is 26.7 Å². The molecule has 3 rings (SSSR count). The number of fused-ring (bicyclic) bond motifs is 1. The summed E-state index contributed by atoms with van der Waals surface area (Å²) in [6, 6.07) is 8.06. The van der Waals surface area contributed by atoms with E-state index in [0.717, 1.165) is 12.3 Å².